The molecule has 4 amide bonds. The number of rotatable bonds is 6. The summed E-state index contributed by atoms with van der Waals surface area (Å²) >= 11 is 6.10. The van der Waals surface area contributed by atoms with Crippen molar-refractivity contribution < 1.29 is 41.5 Å². The number of allylic oxidation sites excluding steroid dienone is 1. The molecule has 1 aromatic carbocycles. The van der Waals surface area contributed by atoms with E-state index in [1.165, 1.54) is 4.90 Å². The van der Waals surface area contributed by atoms with E-state index in [4.69, 9.17) is 25.5 Å². The largest absolute Gasteiger partial charge is 0.445 e. The number of hydrogen-bond donors (Lipinski definition) is 3. The molecule has 16 heteroatoms. The zero-order valence-electron chi connectivity index (χ0n) is 28.6. The van der Waals surface area contributed by atoms with E-state index in [9.17, 15) is 27.6 Å². The molecule has 0 spiro atoms. The molecule has 272 valence electrons. The minimum atomic E-state index is -3.98. The van der Waals surface area contributed by atoms with Gasteiger partial charge in [0.2, 0.25) is 21.8 Å². The van der Waals surface area contributed by atoms with Crippen LogP contribution in [0.15, 0.2) is 34.8 Å². The third-order valence-electron chi connectivity index (χ3n) is 9.76. The molecule has 5 atom stereocenters. The number of amides is 4. The first-order valence-electron chi connectivity index (χ1n) is 17.1. The maximum Gasteiger partial charge on any atom is 0.408 e. The smallest absolute Gasteiger partial charge is 0.408 e. The van der Waals surface area contributed by atoms with E-state index in [0.29, 0.717) is 48.2 Å². The summed E-state index contributed by atoms with van der Waals surface area (Å²) < 4.78 is 44.6. The lowest BCUT2D eigenvalue weighted by atomic mass is 10.0. The summed E-state index contributed by atoms with van der Waals surface area (Å²) in [7, 11) is -3.98. The summed E-state index contributed by atoms with van der Waals surface area (Å²) in [4.78, 5) is 60.8. The molecule has 6 rings (SSSR count). The van der Waals surface area contributed by atoms with E-state index in [1.807, 2.05) is 12.2 Å². The summed E-state index contributed by atoms with van der Waals surface area (Å²) in [5, 5.41) is 6.01. The summed E-state index contributed by atoms with van der Waals surface area (Å²) in [5.74, 6) is -2.42. The van der Waals surface area contributed by atoms with Crippen molar-refractivity contribution >= 4 is 56.5 Å². The molecule has 3 fully saturated rings. The van der Waals surface area contributed by atoms with E-state index in [-0.39, 0.29) is 25.5 Å². The van der Waals surface area contributed by atoms with Crippen LogP contribution in [0.25, 0.3) is 11.1 Å². The standard InChI is InChI=1S/C34H44ClN5O9S/c1-32(2,3)49-30(44)36-23-11-9-7-5-6-8-10-20-18-34(20,29(43)39-50(45,46)33(4)14-15-33)38-27(41)25-17-22(19-40(25)28(23)42)47-31-37-24-16-21(35)12-13-26(24)48-31/h8,10,12-13,16,20,22-23,25H,5-7,9,11,14-15,17-19H2,1-4H3,(H,36,44)(H,38,41)(H,39,43)/b10-8-/t20-,22+,23-,25-,34+/m0/s1. The van der Waals surface area contributed by atoms with Crippen molar-refractivity contribution in [3.05, 3.63) is 35.4 Å². The van der Waals surface area contributed by atoms with Gasteiger partial charge in [-0.1, -0.05) is 36.6 Å². The first-order valence-corrected chi connectivity index (χ1v) is 18.9. The Morgan fingerprint density at radius 2 is 1.92 bits per heavy atom. The normalized spacial score (nSPS) is 29.0. The fourth-order valence-corrected chi connectivity index (χ4v) is 7.95. The molecular formula is C34H44ClN5O9S. The molecule has 14 nitrogen and oxygen atoms in total. The molecule has 50 heavy (non-hydrogen) atoms. The highest BCUT2D eigenvalue weighted by molar-refractivity contribution is 7.91. The minimum Gasteiger partial charge on any atom is -0.445 e. The highest BCUT2D eigenvalue weighted by Gasteiger charge is 2.63. The predicted molar refractivity (Wildman–Crippen MR) is 183 cm³/mol. The van der Waals surface area contributed by atoms with Crippen molar-refractivity contribution in [3.8, 4) is 6.08 Å². The lowest BCUT2D eigenvalue weighted by Gasteiger charge is -2.30. The number of hydrogen-bond acceptors (Lipinski definition) is 10. The number of aromatic nitrogens is 1. The molecule has 4 aliphatic rings. The lowest BCUT2D eigenvalue weighted by molar-refractivity contribution is -0.141. The second-order valence-electron chi connectivity index (χ2n) is 15.0. The van der Waals surface area contributed by atoms with Gasteiger partial charge in [-0.15, -0.1) is 0 Å². The maximum atomic E-state index is 14.3. The van der Waals surface area contributed by atoms with Crippen LogP contribution >= 0.6 is 11.6 Å². The van der Waals surface area contributed by atoms with Crippen molar-refractivity contribution in [1.29, 1.82) is 0 Å². The van der Waals surface area contributed by atoms with Gasteiger partial charge in [0, 0.05) is 17.4 Å². The Hall–Kier alpha value is -3.85. The van der Waals surface area contributed by atoms with E-state index in [0.717, 1.165) is 12.8 Å². The Kier molecular flexibility index (Phi) is 9.61. The topological polar surface area (TPSA) is 186 Å². The molecule has 3 heterocycles. The number of nitrogens with zero attached hydrogens (tertiary/aromatic N) is 2. The fourth-order valence-electron chi connectivity index (χ4n) is 6.47. The van der Waals surface area contributed by atoms with Gasteiger partial charge in [-0.25, -0.2) is 13.2 Å². The number of sulfonamides is 1. The Labute approximate surface area is 296 Å². The molecule has 1 saturated heterocycles. The molecule has 2 aliphatic heterocycles. The van der Waals surface area contributed by atoms with Gasteiger partial charge >= 0.3 is 12.2 Å². The van der Waals surface area contributed by atoms with Crippen LogP contribution in [-0.4, -0.2) is 82.7 Å². The summed E-state index contributed by atoms with van der Waals surface area (Å²) in [6, 6.07) is 2.77. The first kappa shape index (κ1) is 36.0. The molecule has 0 bridgehead atoms. The van der Waals surface area contributed by atoms with E-state index in [2.05, 4.69) is 20.3 Å². The van der Waals surface area contributed by atoms with E-state index in [1.54, 1.807) is 45.9 Å². The highest BCUT2D eigenvalue weighted by atomic mass is 35.5. The fraction of sp³-hybridized carbons (Fsp3) is 0.618. The van der Waals surface area contributed by atoms with Crippen LogP contribution in [-0.2, 0) is 29.1 Å². The van der Waals surface area contributed by atoms with Gasteiger partial charge in [0.25, 0.3) is 5.91 Å². The Bertz CT molecular complexity index is 1820. The quantitative estimate of drug-likeness (QED) is 0.365. The molecule has 2 aromatic rings. The van der Waals surface area contributed by atoms with Gasteiger partial charge in [-0.2, -0.15) is 4.98 Å². The number of fused-ring (bicyclic) bond motifs is 3. The average Bonchev–Trinajstić information content (AvgIpc) is 3.83. The van der Waals surface area contributed by atoms with Crippen LogP contribution < -0.4 is 20.1 Å². The zero-order chi connectivity index (χ0) is 36.1. The van der Waals surface area contributed by atoms with Crippen LogP contribution in [0.4, 0.5) is 4.79 Å². The third kappa shape index (κ3) is 7.73. The number of nitrogens with one attached hydrogen (secondary N) is 3. The number of ether oxygens (including phenoxy) is 2. The molecule has 3 N–H and O–H groups in total. The second kappa shape index (κ2) is 13.4. The highest BCUT2D eigenvalue weighted by Crippen LogP contribution is 2.47. The van der Waals surface area contributed by atoms with Crippen molar-refractivity contribution in [2.45, 2.75) is 120 Å². The molecule has 0 unspecified atom stereocenters. The van der Waals surface area contributed by atoms with Gasteiger partial charge < -0.3 is 29.4 Å². The van der Waals surface area contributed by atoms with Gasteiger partial charge in [-0.3, -0.25) is 19.1 Å². The summed E-state index contributed by atoms with van der Waals surface area (Å²) in [6.07, 6.45) is 6.40. The summed E-state index contributed by atoms with van der Waals surface area (Å²) in [5.41, 5.74) is -1.43. The first-order chi connectivity index (χ1) is 23.5. The van der Waals surface area contributed by atoms with Gasteiger partial charge in [0.1, 0.15) is 34.8 Å². The number of carbonyl (C=O) groups excluding carboxylic acids is 4. The van der Waals surface area contributed by atoms with Crippen LogP contribution in [0, 0.1) is 5.92 Å². The molecule has 1 aromatic heterocycles. The number of benzene rings is 1. The van der Waals surface area contributed by atoms with Crippen LogP contribution in [0.3, 0.4) is 0 Å². The predicted octanol–water partition coefficient (Wildman–Crippen LogP) is 4.12. The lowest BCUT2D eigenvalue weighted by Crippen LogP contribution is -2.58. The molecule has 0 radical (unpaired) electrons. The van der Waals surface area contributed by atoms with E-state index < -0.39 is 73.8 Å². The van der Waals surface area contributed by atoms with Crippen molar-refractivity contribution in [3.63, 3.8) is 0 Å². The Balaban J connectivity index is 1.29. The monoisotopic (exact) mass is 733 g/mol. The van der Waals surface area contributed by atoms with Crippen molar-refractivity contribution in [2.75, 3.05) is 6.54 Å². The number of carbonyl (C=O) groups is 4. The minimum absolute atomic E-state index is 0.00475. The van der Waals surface area contributed by atoms with Crippen molar-refractivity contribution in [2.24, 2.45) is 5.92 Å². The summed E-state index contributed by atoms with van der Waals surface area (Å²) in [6.45, 7) is 6.67. The van der Waals surface area contributed by atoms with Crippen LogP contribution in [0.1, 0.15) is 85.5 Å². The Morgan fingerprint density at radius 3 is 2.64 bits per heavy atom. The van der Waals surface area contributed by atoms with Crippen LogP contribution in [0.5, 0.6) is 6.08 Å². The van der Waals surface area contributed by atoms with Crippen molar-refractivity contribution in [1.82, 2.24) is 25.2 Å². The average molecular weight is 734 g/mol. The molecule has 2 saturated carbocycles. The number of alkyl carbamates (subject to hydrolysis) is 1. The number of oxazole rings is 1. The SMILES string of the molecule is CC(C)(C)OC(=O)N[C@H]1CCCCC/C=C\[C@H]2C[C@@]2(C(=O)NS(=O)(=O)C2(C)CC2)NC(=O)[C@@H]2C[C@@H](Oc3nc4cc(Cl)ccc4o3)CN2C1=O. The van der Waals surface area contributed by atoms with Crippen LogP contribution in [0.2, 0.25) is 5.02 Å². The van der Waals surface area contributed by atoms with Gasteiger partial charge in [-0.05, 0) is 84.4 Å². The third-order valence-corrected chi connectivity index (χ3v) is 12.2. The maximum absolute atomic E-state index is 14.3. The molecular weight excluding hydrogens is 690 g/mol. The van der Waals surface area contributed by atoms with E-state index >= 15 is 0 Å². The van der Waals surface area contributed by atoms with Gasteiger partial charge in [0.05, 0.1) is 11.3 Å². The Morgan fingerprint density at radius 1 is 1.16 bits per heavy atom. The van der Waals surface area contributed by atoms with Gasteiger partial charge in [0.15, 0.2) is 5.58 Å². The second-order valence-corrected chi connectivity index (χ2v) is 17.6. The molecule has 2 aliphatic carbocycles. The zero-order valence-corrected chi connectivity index (χ0v) is 30.2. The number of halogens is 1.